The van der Waals surface area contributed by atoms with Crippen molar-refractivity contribution < 1.29 is 0 Å². The second-order valence-electron chi connectivity index (χ2n) is 6.60. The first-order valence-electron chi connectivity index (χ1n) is 8.36. The van der Waals surface area contributed by atoms with Crippen LogP contribution in [0.15, 0.2) is 24.4 Å². The summed E-state index contributed by atoms with van der Waals surface area (Å²) >= 11 is 0. The van der Waals surface area contributed by atoms with Crippen molar-refractivity contribution in [2.45, 2.75) is 34.2 Å². The average Bonchev–Trinajstić information content (AvgIpc) is 2.54. The van der Waals surface area contributed by atoms with Crippen molar-refractivity contribution in [2.75, 3.05) is 31.1 Å². The van der Waals surface area contributed by atoms with Crippen LogP contribution in [0.1, 0.15) is 28.1 Å². The number of rotatable bonds is 3. The number of anilines is 1. The summed E-state index contributed by atoms with van der Waals surface area (Å²) in [6.45, 7) is 13.6. The van der Waals surface area contributed by atoms with Gasteiger partial charge in [-0.05, 0) is 44.4 Å². The number of piperazine rings is 1. The minimum absolute atomic E-state index is 0.989. The van der Waals surface area contributed by atoms with E-state index >= 15 is 0 Å². The standard InChI is InChI=1S/C19H26N4/c1-14-5-6-18(11-15(14)2)13-22-7-9-23(10-8-22)19-17(4)20-12-16(3)21-19/h5-6,11-12H,7-10,13H2,1-4H3. The number of aromatic nitrogens is 2. The van der Waals surface area contributed by atoms with Gasteiger partial charge >= 0.3 is 0 Å². The van der Waals surface area contributed by atoms with Crippen LogP contribution >= 0.6 is 0 Å². The first-order valence-corrected chi connectivity index (χ1v) is 8.36. The summed E-state index contributed by atoms with van der Waals surface area (Å²) in [6, 6.07) is 6.80. The minimum Gasteiger partial charge on any atom is -0.353 e. The van der Waals surface area contributed by atoms with E-state index in [-0.39, 0.29) is 0 Å². The van der Waals surface area contributed by atoms with Crippen molar-refractivity contribution in [2.24, 2.45) is 0 Å². The quantitative estimate of drug-likeness (QED) is 0.872. The van der Waals surface area contributed by atoms with Crippen molar-refractivity contribution in [3.63, 3.8) is 0 Å². The van der Waals surface area contributed by atoms with Crippen LogP contribution < -0.4 is 4.90 Å². The molecule has 1 aliphatic rings. The van der Waals surface area contributed by atoms with Gasteiger partial charge in [0.2, 0.25) is 0 Å². The maximum Gasteiger partial charge on any atom is 0.150 e. The zero-order valence-corrected chi connectivity index (χ0v) is 14.6. The molecule has 1 aliphatic heterocycles. The Balaban J connectivity index is 1.62. The predicted molar refractivity (Wildman–Crippen MR) is 94.9 cm³/mol. The second kappa shape index (κ2) is 6.67. The fourth-order valence-corrected chi connectivity index (χ4v) is 3.10. The van der Waals surface area contributed by atoms with Gasteiger partial charge in [0.25, 0.3) is 0 Å². The topological polar surface area (TPSA) is 32.3 Å². The Morgan fingerprint density at radius 1 is 0.957 bits per heavy atom. The molecule has 0 N–H and O–H groups in total. The Hall–Kier alpha value is -1.94. The molecule has 0 saturated carbocycles. The molecular formula is C19H26N4. The van der Waals surface area contributed by atoms with Crippen LogP contribution in [-0.4, -0.2) is 41.0 Å². The van der Waals surface area contributed by atoms with Crippen molar-refractivity contribution in [3.05, 3.63) is 52.5 Å². The lowest BCUT2D eigenvalue weighted by atomic mass is 10.1. The van der Waals surface area contributed by atoms with Gasteiger partial charge in [-0.3, -0.25) is 9.88 Å². The summed E-state index contributed by atoms with van der Waals surface area (Å²) < 4.78 is 0. The molecule has 1 saturated heterocycles. The van der Waals surface area contributed by atoms with Crippen LogP contribution in [-0.2, 0) is 6.54 Å². The molecule has 2 aromatic rings. The number of benzene rings is 1. The van der Waals surface area contributed by atoms with Crippen LogP contribution in [0.5, 0.6) is 0 Å². The molecule has 0 bridgehead atoms. The van der Waals surface area contributed by atoms with Crippen LogP contribution in [0.25, 0.3) is 0 Å². The number of aryl methyl sites for hydroxylation is 4. The molecule has 1 aromatic heterocycles. The van der Waals surface area contributed by atoms with Gasteiger partial charge in [0, 0.05) is 38.9 Å². The van der Waals surface area contributed by atoms with E-state index < -0.39 is 0 Å². The number of nitrogens with zero attached hydrogens (tertiary/aromatic N) is 4. The molecular weight excluding hydrogens is 284 g/mol. The molecule has 0 radical (unpaired) electrons. The first-order chi connectivity index (χ1) is 11.0. The monoisotopic (exact) mass is 310 g/mol. The normalized spacial score (nSPS) is 15.9. The highest BCUT2D eigenvalue weighted by Gasteiger charge is 2.20. The van der Waals surface area contributed by atoms with Gasteiger partial charge in [0.05, 0.1) is 11.4 Å². The van der Waals surface area contributed by atoms with E-state index in [0.29, 0.717) is 0 Å². The zero-order chi connectivity index (χ0) is 16.4. The van der Waals surface area contributed by atoms with Crippen LogP contribution in [0.3, 0.4) is 0 Å². The third-order valence-electron chi connectivity index (χ3n) is 4.70. The summed E-state index contributed by atoms with van der Waals surface area (Å²) in [6.07, 6.45) is 1.84. The van der Waals surface area contributed by atoms with E-state index in [1.807, 2.05) is 20.0 Å². The number of hydrogen-bond donors (Lipinski definition) is 0. The Labute approximate surface area is 139 Å². The largest absolute Gasteiger partial charge is 0.353 e. The molecule has 4 heteroatoms. The lowest BCUT2D eigenvalue weighted by molar-refractivity contribution is 0.249. The Morgan fingerprint density at radius 2 is 1.70 bits per heavy atom. The van der Waals surface area contributed by atoms with E-state index in [2.05, 4.69) is 51.8 Å². The van der Waals surface area contributed by atoms with Crippen LogP contribution in [0.2, 0.25) is 0 Å². The molecule has 0 unspecified atom stereocenters. The van der Waals surface area contributed by atoms with Crippen LogP contribution in [0.4, 0.5) is 5.82 Å². The molecule has 122 valence electrons. The third kappa shape index (κ3) is 3.70. The van der Waals surface area contributed by atoms with Crippen molar-refractivity contribution >= 4 is 5.82 Å². The highest BCUT2D eigenvalue weighted by Crippen LogP contribution is 2.19. The molecule has 1 aromatic carbocycles. The summed E-state index contributed by atoms with van der Waals surface area (Å²) in [7, 11) is 0. The fraction of sp³-hybridized carbons (Fsp3) is 0.474. The molecule has 0 amide bonds. The second-order valence-corrected chi connectivity index (χ2v) is 6.60. The van der Waals surface area contributed by atoms with E-state index in [9.17, 15) is 0 Å². The Bertz CT molecular complexity index is 688. The van der Waals surface area contributed by atoms with Gasteiger partial charge in [-0.25, -0.2) is 4.98 Å². The molecule has 3 rings (SSSR count). The molecule has 4 nitrogen and oxygen atoms in total. The summed E-state index contributed by atoms with van der Waals surface area (Å²) in [5.41, 5.74) is 6.17. The Kier molecular flexibility index (Phi) is 4.62. The van der Waals surface area contributed by atoms with Gasteiger partial charge in [-0.15, -0.1) is 0 Å². The number of hydrogen-bond acceptors (Lipinski definition) is 4. The summed E-state index contributed by atoms with van der Waals surface area (Å²) in [5, 5.41) is 0. The van der Waals surface area contributed by atoms with E-state index in [1.165, 1.54) is 16.7 Å². The highest BCUT2D eigenvalue weighted by molar-refractivity contribution is 5.43. The smallest absolute Gasteiger partial charge is 0.150 e. The Morgan fingerprint density at radius 3 is 2.39 bits per heavy atom. The van der Waals surface area contributed by atoms with Gasteiger partial charge in [-0.2, -0.15) is 0 Å². The molecule has 0 spiro atoms. The van der Waals surface area contributed by atoms with Crippen molar-refractivity contribution in [1.29, 1.82) is 0 Å². The van der Waals surface area contributed by atoms with Crippen LogP contribution in [0, 0.1) is 27.7 Å². The molecule has 2 heterocycles. The van der Waals surface area contributed by atoms with Gasteiger partial charge < -0.3 is 4.90 Å². The first kappa shape index (κ1) is 15.9. The zero-order valence-electron chi connectivity index (χ0n) is 14.6. The van der Waals surface area contributed by atoms with Crippen molar-refractivity contribution in [3.8, 4) is 0 Å². The fourth-order valence-electron chi connectivity index (χ4n) is 3.10. The summed E-state index contributed by atoms with van der Waals surface area (Å²) in [4.78, 5) is 14.0. The predicted octanol–water partition coefficient (Wildman–Crippen LogP) is 3.03. The lowest BCUT2D eigenvalue weighted by Crippen LogP contribution is -2.46. The van der Waals surface area contributed by atoms with Gasteiger partial charge in [0.15, 0.2) is 0 Å². The lowest BCUT2D eigenvalue weighted by Gasteiger charge is -2.36. The van der Waals surface area contributed by atoms with Crippen molar-refractivity contribution in [1.82, 2.24) is 14.9 Å². The van der Waals surface area contributed by atoms with Gasteiger partial charge in [-0.1, -0.05) is 18.2 Å². The molecule has 0 aliphatic carbocycles. The van der Waals surface area contributed by atoms with Gasteiger partial charge in [0.1, 0.15) is 5.82 Å². The molecule has 0 atom stereocenters. The molecule has 1 fully saturated rings. The maximum atomic E-state index is 4.67. The van der Waals surface area contributed by atoms with E-state index in [1.54, 1.807) is 0 Å². The van der Waals surface area contributed by atoms with E-state index in [4.69, 9.17) is 0 Å². The minimum atomic E-state index is 0.989. The third-order valence-corrected chi connectivity index (χ3v) is 4.70. The summed E-state index contributed by atoms with van der Waals surface area (Å²) in [5.74, 6) is 1.05. The average molecular weight is 310 g/mol. The molecule has 23 heavy (non-hydrogen) atoms. The van der Waals surface area contributed by atoms with E-state index in [0.717, 1.165) is 49.9 Å². The SMILES string of the molecule is Cc1cnc(C)c(N2CCN(Cc3ccc(C)c(C)c3)CC2)n1. The highest BCUT2D eigenvalue weighted by atomic mass is 15.3. The maximum absolute atomic E-state index is 4.67.